The first-order valence-electron chi connectivity index (χ1n) is 7.17. The molecule has 3 heterocycles. The molecule has 1 atom stereocenters. The van der Waals surface area contributed by atoms with Crippen molar-refractivity contribution < 1.29 is 0 Å². The Hall–Kier alpha value is -2.43. The summed E-state index contributed by atoms with van der Waals surface area (Å²) in [7, 11) is 0. The molecule has 0 bridgehead atoms. The second kappa shape index (κ2) is 5.52. The minimum Gasteiger partial charge on any atom is -0.360 e. The first-order valence-corrected chi connectivity index (χ1v) is 7.17. The highest BCUT2D eigenvalue weighted by Crippen LogP contribution is 2.23. The van der Waals surface area contributed by atoms with E-state index in [-0.39, 0.29) is 6.04 Å². The van der Waals surface area contributed by atoms with Gasteiger partial charge in [0, 0.05) is 18.6 Å². The maximum atomic E-state index is 4.57. The molecule has 1 N–H and O–H groups in total. The minimum atomic E-state index is 0.0855. The maximum Gasteiger partial charge on any atom is 0.152 e. The van der Waals surface area contributed by atoms with E-state index < -0.39 is 0 Å². The lowest BCUT2D eigenvalue weighted by molar-refractivity contribution is 0.785. The van der Waals surface area contributed by atoms with E-state index in [9.17, 15) is 0 Å². The molecule has 0 aliphatic heterocycles. The van der Waals surface area contributed by atoms with Crippen molar-refractivity contribution in [3.63, 3.8) is 0 Å². The van der Waals surface area contributed by atoms with Crippen molar-refractivity contribution in [3.8, 4) is 0 Å². The van der Waals surface area contributed by atoms with Crippen LogP contribution in [0.4, 0.5) is 5.82 Å². The molecule has 0 radical (unpaired) electrons. The van der Waals surface area contributed by atoms with Crippen LogP contribution < -0.4 is 5.32 Å². The molecule has 3 aromatic heterocycles. The minimum absolute atomic E-state index is 0.0855. The van der Waals surface area contributed by atoms with Gasteiger partial charge in [0.1, 0.15) is 5.52 Å². The van der Waals surface area contributed by atoms with Gasteiger partial charge in [-0.3, -0.25) is 4.98 Å². The molecule has 5 nitrogen and oxygen atoms in total. The maximum absolute atomic E-state index is 4.57. The quantitative estimate of drug-likeness (QED) is 0.796. The zero-order valence-corrected chi connectivity index (χ0v) is 12.5. The van der Waals surface area contributed by atoms with Crippen LogP contribution in [0, 0.1) is 0 Å². The van der Waals surface area contributed by atoms with E-state index in [4.69, 9.17) is 0 Å². The smallest absolute Gasteiger partial charge is 0.152 e. The summed E-state index contributed by atoms with van der Waals surface area (Å²) in [5.74, 6) is 1.22. The molecule has 0 aliphatic rings. The van der Waals surface area contributed by atoms with Crippen molar-refractivity contribution in [2.75, 3.05) is 5.32 Å². The first-order chi connectivity index (χ1) is 10.1. The number of fused-ring (bicyclic) bond motifs is 1. The van der Waals surface area contributed by atoms with Gasteiger partial charge in [-0.1, -0.05) is 19.9 Å². The SMILES string of the molecule is CC(C)c1cc2c(NC(C)c3ccccn3)nccn2n1. The normalized spacial score (nSPS) is 12.8. The van der Waals surface area contributed by atoms with Crippen molar-refractivity contribution in [2.45, 2.75) is 32.7 Å². The average molecular weight is 281 g/mol. The van der Waals surface area contributed by atoms with Gasteiger partial charge in [0.15, 0.2) is 5.82 Å². The Kier molecular flexibility index (Phi) is 3.56. The fraction of sp³-hybridized carbons (Fsp3) is 0.312. The Morgan fingerprint density at radius 3 is 2.62 bits per heavy atom. The van der Waals surface area contributed by atoms with E-state index in [1.807, 2.05) is 28.9 Å². The van der Waals surface area contributed by atoms with Gasteiger partial charge in [-0.25, -0.2) is 9.50 Å². The molecular formula is C16H19N5. The van der Waals surface area contributed by atoms with E-state index in [1.165, 1.54) is 0 Å². The highest BCUT2D eigenvalue weighted by atomic mass is 15.2. The predicted octanol–water partition coefficient (Wildman–Crippen LogP) is 3.42. The molecule has 0 spiro atoms. The average Bonchev–Trinajstić information content (AvgIpc) is 2.93. The van der Waals surface area contributed by atoms with Crippen LogP contribution in [0.25, 0.3) is 5.52 Å². The van der Waals surface area contributed by atoms with Crippen molar-refractivity contribution in [1.29, 1.82) is 0 Å². The molecule has 21 heavy (non-hydrogen) atoms. The molecule has 108 valence electrons. The van der Waals surface area contributed by atoms with Crippen LogP contribution in [0.1, 0.15) is 44.1 Å². The van der Waals surface area contributed by atoms with E-state index in [0.717, 1.165) is 22.7 Å². The van der Waals surface area contributed by atoms with Crippen molar-refractivity contribution in [2.24, 2.45) is 0 Å². The largest absolute Gasteiger partial charge is 0.360 e. The number of hydrogen-bond acceptors (Lipinski definition) is 4. The third-order valence-electron chi connectivity index (χ3n) is 3.48. The Balaban J connectivity index is 1.93. The van der Waals surface area contributed by atoms with Gasteiger partial charge in [-0.05, 0) is 31.0 Å². The first kappa shape index (κ1) is 13.5. The van der Waals surface area contributed by atoms with Gasteiger partial charge in [0.05, 0.1) is 17.4 Å². The molecule has 3 rings (SSSR count). The van der Waals surface area contributed by atoms with Crippen molar-refractivity contribution >= 4 is 11.3 Å². The molecule has 0 aromatic carbocycles. The molecule has 0 aliphatic carbocycles. The molecule has 3 aromatic rings. The summed E-state index contributed by atoms with van der Waals surface area (Å²) in [6.45, 7) is 6.35. The Morgan fingerprint density at radius 2 is 1.90 bits per heavy atom. The number of aromatic nitrogens is 4. The number of rotatable bonds is 4. The Bertz CT molecular complexity index is 733. The fourth-order valence-electron chi connectivity index (χ4n) is 2.25. The van der Waals surface area contributed by atoms with Crippen LogP contribution >= 0.6 is 0 Å². The predicted molar refractivity (Wildman–Crippen MR) is 83.4 cm³/mol. The summed E-state index contributed by atoms with van der Waals surface area (Å²) in [5, 5.41) is 7.99. The summed E-state index contributed by atoms with van der Waals surface area (Å²) in [5.41, 5.74) is 3.05. The van der Waals surface area contributed by atoms with Crippen LogP contribution in [-0.2, 0) is 0 Å². The highest BCUT2D eigenvalue weighted by molar-refractivity contribution is 5.68. The third kappa shape index (κ3) is 2.72. The highest BCUT2D eigenvalue weighted by Gasteiger charge is 2.12. The number of nitrogens with zero attached hydrogens (tertiary/aromatic N) is 4. The Labute approximate surface area is 124 Å². The topological polar surface area (TPSA) is 55.1 Å². The zero-order valence-electron chi connectivity index (χ0n) is 12.5. The van der Waals surface area contributed by atoms with Crippen LogP contribution in [-0.4, -0.2) is 19.6 Å². The van der Waals surface area contributed by atoms with E-state index in [2.05, 4.69) is 47.2 Å². The lowest BCUT2D eigenvalue weighted by Crippen LogP contribution is -2.10. The summed E-state index contributed by atoms with van der Waals surface area (Å²) < 4.78 is 1.87. The summed E-state index contributed by atoms with van der Waals surface area (Å²) in [6, 6.07) is 8.09. The van der Waals surface area contributed by atoms with Crippen LogP contribution in [0.2, 0.25) is 0 Å². The van der Waals surface area contributed by atoms with E-state index in [0.29, 0.717) is 5.92 Å². The summed E-state index contributed by atoms with van der Waals surface area (Å²) in [4.78, 5) is 8.82. The number of hydrogen-bond donors (Lipinski definition) is 1. The molecule has 0 saturated carbocycles. The standard InChI is InChI=1S/C16H19N5/c1-11(2)14-10-15-16(18-8-9-21(15)20-14)19-12(3)13-6-4-5-7-17-13/h4-12H,1-3H3,(H,18,19). The number of pyridine rings is 1. The lowest BCUT2D eigenvalue weighted by Gasteiger charge is -2.14. The van der Waals surface area contributed by atoms with Crippen LogP contribution in [0.3, 0.4) is 0 Å². The van der Waals surface area contributed by atoms with Gasteiger partial charge in [-0.15, -0.1) is 0 Å². The van der Waals surface area contributed by atoms with Crippen molar-refractivity contribution in [1.82, 2.24) is 19.6 Å². The van der Waals surface area contributed by atoms with E-state index >= 15 is 0 Å². The number of anilines is 1. The van der Waals surface area contributed by atoms with Gasteiger partial charge in [-0.2, -0.15) is 5.10 Å². The second-order valence-corrected chi connectivity index (χ2v) is 5.45. The molecule has 0 amide bonds. The Morgan fingerprint density at radius 1 is 1.05 bits per heavy atom. The van der Waals surface area contributed by atoms with Crippen LogP contribution in [0.5, 0.6) is 0 Å². The lowest BCUT2D eigenvalue weighted by atomic mass is 10.1. The second-order valence-electron chi connectivity index (χ2n) is 5.45. The van der Waals surface area contributed by atoms with Crippen LogP contribution in [0.15, 0.2) is 42.9 Å². The molecular weight excluding hydrogens is 262 g/mol. The summed E-state index contributed by atoms with van der Waals surface area (Å²) >= 11 is 0. The number of nitrogens with one attached hydrogen (secondary N) is 1. The van der Waals surface area contributed by atoms with Gasteiger partial charge in [0.2, 0.25) is 0 Å². The van der Waals surface area contributed by atoms with Gasteiger partial charge >= 0.3 is 0 Å². The molecule has 0 saturated heterocycles. The monoisotopic (exact) mass is 281 g/mol. The molecule has 5 heteroatoms. The summed E-state index contributed by atoms with van der Waals surface area (Å²) in [6.07, 6.45) is 5.44. The fourth-order valence-corrected chi connectivity index (χ4v) is 2.25. The molecule has 1 unspecified atom stereocenters. The zero-order chi connectivity index (χ0) is 14.8. The van der Waals surface area contributed by atoms with Crippen molar-refractivity contribution in [3.05, 3.63) is 54.2 Å². The van der Waals surface area contributed by atoms with Gasteiger partial charge in [0.25, 0.3) is 0 Å². The van der Waals surface area contributed by atoms with Gasteiger partial charge < -0.3 is 5.32 Å². The molecule has 0 fully saturated rings. The third-order valence-corrected chi connectivity index (χ3v) is 3.48. The van der Waals surface area contributed by atoms with E-state index in [1.54, 1.807) is 12.4 Å².